The zero-order valence-corrected chi connectivity index (χ0v) is 7.66. The summed E-state index contributed by atoms with van der Waals surface area (Å²) in [7, 11) is 0. The molecule has 0 aliphatic heterocycles. The number of alkyl halides is 1. The summed E-state index contributed by atoms with van der Waals surface area (Å²) in [4.78, 5) is 9.69. The number of hydrogen-bond donors (Lipinski definition) is 1. The minimum atomic E-state index is -1.04. The van der Waals surface area contributed by atoms with E-state index < -0.39 is 10.8 Å². The monoisotopic (exact) mass is 196 g/mol. The summed E-state index contributed by atoms with van der Waals surface area (Å²) in [5.74, 6) is -0.934. The van der Waals surface area contributed by atoms with E-state index in [1.54, 1.807) is 0 Å². The van der Waals surface area contributed by atoms with E-state index in [-0.39, 0.29) is 5.92 Å². The van der Waals surface area contributed by atoms with Gasteiger partial charge in [0.05, 0.1) is 0 Å². The van der Waals surface area contributed by atoms with Gasteiger partial charge in [-0.25, -0.2) is 0 Å². The van der Waals surface area contributed by atoms with Gasteiger partial charge in [-0.1, -0.05) is 30.3 Å². The molecule has 3 heteroatoms. The summed E-state index contributed by atoms with van der Waals surface area (Å²) in [5, 5.41) is 8.81. The highest BCUT2D eigenvalue weighted by atomic mass is 35.5. The van der Waals surface area contributed by atoms with E-state index in [0.29, 0.717) is 6.42 Å². The van der Waals surface area contributed by atoms with Crippen LogP contribution in [-0.4, -0.2) is 16.0 Å². The third-order valence-corrected chi connectivity index (χ3v) is 3.03. The van der Waals surface area contributed by atoms with E-state index in [9.17, 15) is 4.79 Å². The zero-order chi connectivity index (χ0) is 9.47. The van der Waals surface area contributed by atoms with Gasteiger partial charge in [0.25, 0.3) is 0 Å². The molecule has 13 heavy (non-hydrogen) atoms. The van der Waals surface area contributed by atoms with Crippen LogP contribution in [0.3, 0.4) is 0 Å². The van der Waals surface area contributed by atoms with E-state index in [4.69, 9.17) is 16.7 Å². The highest BCUT2D eigenvalue weighted by molar-refractivity contribution is 6.37. The molecule has 1 saturated carbocycles. The molecule has 1 aromatic carbocycles. The van der Waals surface area contributed by atoms with E-state index in [1.807, 2.05) is 30.3 Å². The summed E-state index contributed by atoms with van der Waals surface area (Å²) in [5.41, 5.74) is 1.01. The summed E-state index contributed by atoms with van der Waals surface area (Å²) in [6.07, 6.45) is 0.536. The lowest BCUT2D eigenvalue weighted by atomic mass is 10.1. The van der Waals surface area contributed by atoms with Gasteiger partial charge in [0, 0.05) is 5.92 Å². The molecule has 0 amide bonds. The standard InChI is InChI=1S/C10H9ClO2/c11-10(9(12)13)6-8(10)7-4-2-1-3-5-7/h1-5,8H,6H2,(H,12,13). The van der Waals surface area contributed by atoms with Gasteiger partial charge >= 0.3 is 5.97 Å². The van der Waals surface area contributed by atoms with Crippen molar-refractivity contribution in [1.82, 2.24) is 0 Å². The van der Waals surface area contributed by atoms with Crippen LogP contribution in [0.1, 0.15) is 17.9 Å². The van der Waals surface area contributed by atoms with Gasteiger partial charge in [-0.15, -0.1) is 11.6 Å². The Morgan fingerprint density at radius 3 is 2.54 bits per heavy atom. The molecule has 0 saturated heterocycles. The Labute approximate surface area is 81.1 Å². The lowest BCUT2D eigenvalue weighted by Gasteiger charge is -2.02. The molecule has 2 unspecified atom stereocenters. The number of carbonyl (C=O) groups is 1. The molecule has 2 rings (SSSR count). The molecule has 68 valence electrons. The Morgan fingerprint density at radius 2 is 2.08 bits per heavy atom. The number of aliphatic carboxylic acids is 1. The van der Waals surface area contributed by atoms with Gasteiger partial charge in [-0.05, 0) is 12.0 Å². The first kappa shape index (κ1) is 8.57. The number of benzene rings is 1. The van der Waals surface area contributed by atoms with Crippen molar-refractivity contribution < 1.29 is 9.90 Å². The highest BCUT2D eigenvalue weighted by Crippen LogP contribution is 2.56. The third-order valence-electron chi connectivity index (χ3n) is 2.45. The topological polar surface area (TPSA) is 37.3 Å². The van der Waals surface area contributed by atoms with Crippen LogP contribution < -0.4 is 0 Å². The molecule has 0 heterocycles. The van der Waals surface area contributed by atoms with Crippen molar-refractivity contribution in [3.8, 4) is 0 Å². The lowest BCUT2D eigenvalue weighted by molar-refractivity contribution is -0.137. The fourth-order valence-electron chi connectivity index (χ4n) is 1.54. The van der Waals surface area contributed by atoms with Gasteiger partial charge < -0.3 is 5.11 Å². The van der Waals surface area contributed by atoms with Crippen molar-refractivity contribution in [3.05, 3.63) is 35.9 Å². The minimum absolute atomic E-state index is 0.0205. The Balaban J connectivity index is 2.21. The molecule has 1 aliphatic rings. The van der Waals surface area contributed by atoms with Crippen molar-refractivity contribution in [2.45, 2.75) is 17.2 Å². The van der Waals surface area contributed by atoms with Gasteiger partial charge in [-0.2, -0.15) is 0 Å². The maximum atomic E-state index is 10.7. The second kappa shape index (κ2) is 2.74. The molecule has 0 radical (unpaired) electrons. The first-order valence-corrected chi connectivity index (χ1v) is 4.49. The second-order valence-corrected chi connectivity index (χ2v) is 4.01. The van der Waals surface area contributed by atoms with Crippen LogP contribution in [0.15, 0.2) is 30.3 Å². The SMILES string of the molecule is O=C(O)C1(Cl)CC1c1ccccc1. The summed E-state index contributed by atoms with van der Waals surface area (Å²) in [6.45, 7) is 0. The van der Waals surface area contributed by atoms with Crippen LogP contribution in [0.25, 0.3) is 0 Å². The molecule has 1 N–H and O–H groups in total. The smallest absolute Gasteiger partial charge is 0.325 e. The van der Waals surface area contributed by atoms with Crippen molar-refractivity contribution in [2.75, 3.05) is 0 Å². The van der Waals surface area contributed by atoms with Crippen LogP contribution in [0.2, 0.25) is 0 Å². The largest absolute Gasteiger partial charge is 0.480 e. The fraction of sp³-hybridized carbons (Fsp3) is 0.300. The van der Waals surface area contributed by atoms with E-state index in [1.165, 1.54) is 0 Å². The highest BCUT2D eigenvalue weighted by Gasteiger charge is 2.60. The maximum Gasteiger partial charge on any atom is 0.325 e. The van der Waals surface area contributed by atoms with Gasteiger partial charge in [0.2, 0.25) is 0 Å². The Hall–Kier alpha value is -1.02. The molecule has 1 aromatic rings. The number of rotatable bonds is 2. The molecular formula is C10H9ClO2. The quantitative estimate of drug-likeness (QED) is 0.737. The molecule has 0 aromatic heterocycles. The Morgan fingerprint density at radius 1 is 1.46 bits per heavy atom. The maximum absolute atomic E-state index is 10.7. The van der Waals surface area contributed by atoms with Crippen LogP contribution in [-0.2, 0) is 4.79 Å². The number of carboxylic acids is 1. The minimum Gasteiger partial charge on any atom is -0.480 e. The van der Waals surface area contributed by atoms with Crippen LogP contribution in [0.4, 0.5) is 0 Å². The van der Waals surface area contributed by atoms with Crippen LogP contribution >= 0.6 is 11.6 Å². The average Bonchev–Trinajstić information content (AvgIpc) is 2.81. The Kier molecular flexibility index (Phi) is 1.81. The molecule has 1 aliphatic carbocycles. The third kappa shape index (κ3) is 1.31. The van der Waals surface area contributed by atoms with Crippen molar-refractivity contribution >= 4 is 17.6 Å². The molecule has 2 atom stereocenters. The summed E-state index contributed by atoms with van der Waals surface area (Å²) >= 11 is 5.88. The molecule has 0 spiro atoms. The number of halogens is 1. The summed E-state index contributed by atoms with van der Waals surface area (Å²) in [6, 6.07) is 9.53. The van der Waals surface area contributed by atoms with Crippen molar-refractivity contribution in [2.24, 2.45) is 0 Å². The first-order chi connectivity index (χ1) is 6.14. The van der Waals surface area contributed by atoms with Gasteiger partial charge in [0.15, 0.2) is 0 Å². The van der Waals surface area contributed by atoms with Gasteiger partial charge in [-0.3, -0.25) is 4.79 Å². The number of carboxylic acid groups (broad SMARTS) is 1. The van der Waals surface area contributed by atoms with E-state index in [0.717, 1.165) is 5.56 Å². The van der Waals surface area contributed by atoms with Crippen LogP contribution in [0.5, 0.6) is 0 Å². The fourth-order valence-corrected chi connectivity index (χ4v) is 1.82. The van der Waals surface area contributed by atoms with Gasteiger partial charge in [0.1, 0.15) is 4.87 Å². The molecule has 1 fully saturated rings. The normalized spacial score (nSPS) is 31.3. The lowest BCUT2D eigenvalue weighted by Crippen LogP contribution is -2.16. The average molecular weight is 197 g/mol. The predicted octanol–water partition coefficient (Wildman–Crippen LogP) is 2.24. The van der Waals surface area contributed by atoms with Crippen molar-refractivity contribution in [1.29, 1.82) is 0 Å². The Bertz CT molecular complexity index is 336. The zero-order valence-electron chi connectivity index (χ0n) is 6.90. The van der Waals surface area contributed by atoms with Crippen molar-refractivity contribution in [3.63, 3.8) is 0 Å². The van der Waals surface area contributed by atoms with E-state index >= 15 is 0 Å². The molecule has 2 nitrogen and oxygen atoms in total. The first-order valence-electron chi connectivity index (χ1n) is 4.12. The van der Waals surface area contributed by atoms with Crippen LogP contribution in [0, 0.1) is 0 Å². The summed E-state index contributed by atoms with van der Waals surface area (Å²) < 4.78 is 0. The predicted molar refractivity (Wildman–Crippen MR) is 50.0 cm³/mol. The van der Waals surface area contributed by atoms with E-state index in [2.05, 4.69) is 0 Å². The molecular weight excluding hydrogens is 188 g/mol. The second-order valence-electron chi connectivity index (χ2n) is 3.34. The molecule has 0 bridgehead atoms. The number of hydrogen-bond acceptors (Lipinski definition) is 1.